The molecule has 0 fully saturated rings. The lowest BCUT2D eigenvalue weighted by Crippen LogP contribution is -2.38. The molecule has 2 N–H and O–H groups in total. The summed E-state index contributed by atoms with van der Waals surface area (Å²) >= 11 is 0. The number of hydrogen-bond donors (Lipinski definition) is 2. The van der Waals surface area contributed by atoms with Crippen LogP contribution in [0.4, 0.5) is 0 Å². The van der Waals surface area contributed by atoms with Crippen molar-refractivity contribution in [3.05, 3.63) is 54.2 Å². The highest BCUT2D eigenvalue weighted by Gasteiger charge is 2.04. The highest BCUT2D eigenvalue weighted by Crippen LogP contribution is 2.16. The summed E-state index contributed by atoms with van der Waals surface area (Å²) in [4.78, 5) is 9.20. The first kappa shape index (κ1) is 21.1. The number of hydrogen-bond acceptors (Lipinski definition) is 4. The molecular weight excluding hydrogens is 453 g/mol. The summed E-state index contributed by atoms with van der Waals surface area (Å²) in [5, 5.41) is 15.9. The number of guanidine groups is 1. The second-order valence-corrected chi connectivity index (χ2v) is 5.91. The standard InChI is InChI=1S/C19H25N7.HI/c1-3-17-25-24-14-26(17)12-11-22-19(20-4-2)23-13-16-8-5-7-15-9-6-10-21-18(15)16;/h5-10,14H,3-4,11-13H2,1-2H3,(H2,20,22,23);1H. The Morgan fingerprint density at radius 1 is 1.15 bits per heavy atom. The molecule has 0 unspecified atom stereocenters. The zero-order valence-electron chi connectivity index (χ0n) is 15.7. The Kier molecular flexibility index (Phi) is 8.43. The van der Waals surface area contributed by atoms with Gasteiger partial charge >= 0.3 is 0 Å². The molecular formula is C19H26IN7. The Morgan fingerprint density at radius 2 is 2.00 bits per heavy atom. The fourth-order valence-electron chi connectivity index (χ4n) is 2.84. The predicted octanol–water partition coefficient (Wildman–Crippen LogP) is 2.76. The van der Waals surface area contributed by atoms with Gasteiger partial charge in [0.25, 0.3) is 0 Å². The second kappa shape index (κ2) is 10.8. The number of aliphatic imine (C=N–C) groups is 1. The number of nitrogens with one attached hydrogen (secondary N) is 2. The van der Waals surface area contributed by atoms with Gasteiger partial charge in [-0.2, -0.15) is 0 Å². The molecule has 0 radical (unpaired) electrons. The lowest BCUT2D eigenvalue weighted by molar-refractivity contribution is 0.632. The molecule has 7 nitrogen and oxygen atoms in total. The van der Waals surface area contributed by atoms with Crippen molar-refractivity contribution in [3.63, 3.8) is 0 Å². The van der Waals surface area contributed by atoms with Gasteiger partial charge in [-0.1, -0.05) is 31.2 Å². The van der Waals surface area contributed by atoms with Crippen LogP contribution < -0.4 is 10.6 Å². The summed E-state index contributed by atoms with van der Waals surface area (Å²) in [5.41, 5.74) is 2.12. The van der Waals surface area contributed by atoms with Crippen LogP contribution in [0.25, 0.3) is 10.9 Å². The molecule has 3 aromatic rings. The third kappa shape index (κ3) is 5.62. The van der Waals surface area contributed by atoms with Gasteiger partial charge in [-0.15, -0.1) is 34.2 Å². The Labute approximate surface area is 176 Å². The topological polar surface area (TPSA) is 80.0 Å². The lowest BCUT2D eigenvalue weighted by atomic mass is 10.1. The molecule has 0 bridgehead atoms. The molecule has 1 aromatic carbocycles. The molecule has 3 rings (SSSR count). The van der Waals surface area contributed by atoms with Crippen LogP contribution in [0, 0.1) is 0 Å². The number of rotatable bonds is 7. The maximum absolute atomic E-state index is 4.71. The van der Waals surface area contributed by atoms with Crippen molar-refractivity contribution in [2.75, 3.05) is 13.1 Å². The molecule has 144 valence electrons. The normalized spacial score (nSPS) is 11.3. The number of halogens is 1. The Morgan fingerprint density at radius 3 is 2.81 bits per heavy atom. The Hall–Kier alpha value is -2.23. The van der Waals surface area contributed by atoms with Gasteiger partial charge in [0, 0.05) is 37.6 Å². The molecule has 0 spiro atoms. The fourth-order valence-corrected chi connectivity index (χ4v) is 2.84. The second-order valence-electron chi connectivity index (χ2n) is 5.91. The van der Waals surface area contributed by atoms with Gasteiger partial charge in [0.05, 0.1) is 12.1 Å². The van der Waals surface area contributed by atoms with E-state index in [1.807, 2.05) is 18.3 Å². The van der Waals surface area contributed by atoms with Crippen molar-refractivity contribution in [1.82, 2.24) is 30.4 Å². The number of nitrogens with zero attached hydrogens (tertiary/aromatic N) is 5. The SMILES string of the molecule is CCNC(=NCc1cccc2cccnc12)NCCn1cnnc1CC.I. The molecule has 0 aliphatic heterocycles. The van der Waals surface area contributed by atoms with Gasteiger partial charge in [-0.25, -0.2) is 4.99 Å². The van der Waals surface area contributed by atoms with Crippen LogP contribution in [0.5, 0.6) is 0 Å². The summed E-state index contributed by atoms with van der Waals surface area (Å²) in [6.07, 6.45) is 4.47. The summed E-state index contributed by atoms with van der Waals surface area (Å²) in [5.74, 6) is 1.79. The van der Waals surface area contributed by atoms with E-state index < -0.39 is 0 Å². The number of pyridine rings is 1. The van der Waals surface area contributed by atoms with Crippen molar-refractivity contribution >= 4 is 40.8 Å². The van der Waals surface area contributed by atoms with Gasteiger partial charge in [-0.05, 0) is 18.6 Å². The van der Waals surface area contributed by atoms with E-state index >= 15 is 0 Å². The molecule has 2 aromatic heterocycles. The number of benzene rings is 1. The van der Waals surface area contributed by atoms with Crippen LogP contribution in [0.1, 0.15) is 25.2 Å². The number of aryl methyl sites for hydroxylation is 1. The van der Waals surface area contributed by atoms with Gasteiger partial charge in [0.1, 0.15) is 12.2 Å². The maximum Gasteiger partial charge on any atom is 0.191 e. The van der Waals surface area contributed by atoms with Crippen LogP contribution in [-0.4, -0.2) is 38.8 Å². The first-order valence-corrected chi connectivity index (χ1v) is 9.03. The molecule has 0 amide bonds. The zero-order chi connectivity index (χ0) is 18.2. The van der Waals surface area contributed by atoms with Crippen LogP contribution in [-0.2, 0) is 19.5 Å². The summed E-state index contributed by atoms with van der Waals surface area (Å²) in [6.45, 7) is 7.09. The van der Waals surface area contributed by atoms with E-state index in [0.29, 0.717) is 6.54 Å². The summed E-state index contributed by atoms with van der Waals surface area (Å²) in [7, 11) is 0. The van der Waals surface area contributed by atoms with Crippen molar-refractivity contribution in [2.24, 2.45) is 4.99 Å². The van der Waals surface area contributed by atoms with Crippen LogP contribution >= 0.6 is 24.0 Å². The van der Waals surface area contributed by atoms with Gasteiger partial charge in [0.15, 0.2) is 5.96 Å². The van der Waals surface area contributed by atoms with Gasteiger partial charge in [-0.3, -0.25) is 4.98 Å². The zero-order valence-corrected chi connectivity index (χ0v) is 18.1. The molecule has 8 heteroatoms. The van der Waals surface area contributed by atoms with E-state index in [4.69, 9.17) is 4.99 Å². The lowest BCUT2D eigenvalue weighted by Gasteiger charge is -2.12. The molecule has 0 aliphatic carbocycles. The minimum atomic E-state index is 0. The minimum Gasteiger partial charge on any atom is -0.357 e. The van der Waals surface area contributed by atoms with Gasteiger partial charge < -0.3 is 15.2 Å². The average molecular weight is 479 g/mol. The maximum atomic E-state index is 4.71. The highest BCUT2D eigenvalue weighted by atomic mass is 127. The molecule has 0 saturated carbocycles. The third-order valence-electron chi connectivity index (χ3n) is 4.13. The Balaban J connectivity index is 0.00000261. The quantitative estimate of drug-likeness (QED) is 0.310. The van der Waals surface area contributed by atoms with E-state index in [9.17, 15) is 0 Å². The van der Waals surface area contributed by atoms with E-state index in [-0.39, 0.29) is 24.0 Å². The molecule has 0 aliphatic rings. The molecule has 0 saturated heterocycles. The minimum absolute atomic E-state index is 0. The highest BCUT2D eigenvalue weighted by molar-refractivity contribution is 14.0. The average Bonchev–Trinajstić information content (AvgIpc) is 3.13. The predicted molar refractivity (Wildman–Crippen MR) is 119 cm³/mol. The van der Waals surface area contributed by atoms with Crippen molar-refractivity contribution in [3.8, 4) is 0 Å². The third-order valence-corrected chi connectivity index (χ3v) is 4.13. The summed E-state index contributed by atoms with van der Waals surface area (Å²) in [6, 6.07) is 10.2. The van der Waals surface area contributed by atoms with Crippen molar-refractivity contribution in [1.29, 1.82) is 0 Å². The van der Waals surface area contributed by atoms with Crippen LogP contribution in [0.3, 0.4) is 0 Å². The first-order valence-electron chi connectivity index (χ1n) is 9.03. The van der Waals surface area contributed by atoms with E-state index in [1.165, 1.54) is 0 Å². The first-order chi connectivity index (χ1) is 12.8. The van der Waals surface area contributed by atoms with Gasteiger partial charge in [0.2, 0.25) is 0 Å². The smallest absolute Gasteiger partial charge is 0.191 e. The monoisotopic (exact) mass is 479 g/mol. The molecule has 0 atom stereocenters. The number of aromatic nitrogens is 4. The number of para-hydroxylation sites is 1. The Bertz CT molecular complexity index is 870. The summed E-state index contributed by atoms with van der Waals surface area (Å²) < 4.78 is 2.06. The van der Waals surface area contributed by atoms with Crippen molar-refractivity contribution in [2.45, 2.75) is 33.4 Å². The molecule has 27 heavy (non-hydrogen) atoms. The largest absolute Gasteiger partial charge is 0.357 e. The van der Waals surface area contributed by atoms with E-state index in [2.05, 4.69) is 62.4 Å². The van der Waals surface area contributed by atoms with Crippen molar-refractivity contribution < 1.29 is 0 Å². The molecule has 2 heterocycles. The van der Waals surface area contributed by atoms with E-state index in [0.717, 1.165) is 54.3 Å². The van der Waals surface area contributed by atoms with E-state index in [1.54, 1.807) is 6.33 Å². The fraction of sp³-hybridized carbons (Fsp3) is 0.368. The van der Waals surface area contributed by atoms with Crippen LogP contribution in [0.2, 0.25) is 0 Å². The number of fused-ring (bicyclic) bond motifs is 1. The van der Waals surface area contributed by atoms with Crippen LogP contribution in [0.15, 0.2) is 47.8 Å².